The second-order valence-electron chi connectivity index (χ2n) is 5.94. The first kappa shape index (κ1) is 16.7. The van der Waals surface area contributed by atoms with Gasteiger partial charge in [-0.15, -0.1) is 5.10 Å². The maximum absolute atomic E-state index is 11.9. The lowest BCUT2D eigenvalue weighted by atomic mass is 10.2. The van der Waals surface area contributed by atoms with Crippen molar-refractivity contribution in [2.24, 2.45) is 0 Å². The van der Waals surface area contributed by atoms with Gasteiger partial charge >= 0.3 is 0 Å². The molecule has 128 valence electrons. The zero-order valence-corrected chi connectivity index (χ0v) is 14.1. The SMILES string of the molecule is O=C(CCCn1nnnc1CN1CCOCC1)N[C@H]1CCSC1. The van der Waals surface area contributed by atoms with Crippen LogP contribution >= 0.6 is 11.8 Å². The molecule has 0 spiro atoms. The van der Waals surface area contributed by atoms with Crippen LogP contribution in [0.5, 0.6) is 0 Å². The molecule has 8 nitrogen and oxygen atoms in total. The lowest BCUT2D eigenvalue weighted by Gasteiger charge is -2.25. The third kappa shape index (κ3) is 5.15. The number of aryl methyl sites for hydroxylation is 1. The summed E-state index contributed by atoms with van der Waals surface area (Å²) >= 11 is 1.91. The van der Waals surface area contributed by atoms with E-state index in [1.165, 1.54) is 0 Å². The first-order valence-corrected chi connectivity index (χ1v) is 9.39. The Morgan fingerprint density at radius 2 is 2.26 bits per heavy atom. The molecule has 2 saturated heterocycles. The fourth-order valence-corrected chi connectivity index (χ4v) is 3.96. The molecule has 0 aliphatic carbocycles. The largest absolute Gasteiger partial charge is 0.379 e. The van der Waals surface area contributed by atoms with Gasteiger partial charge in [-0.3, -0.25) is 9.69 Å². The smallest absolute Gasteiger partial charge is 0.220 e. The quantitative estimate of drug-likeness (QED) is 0.742. The average molecular weight is 340 g/mol. The number of nitrogens with one attached hydrogen (secondary N) is 1. The fourth-order valence-electron chi connectivity index (χ4n) is 2.81. The molecular weight excluding hydrogens is 316 g/mol. The number of carbonyl (C=O) groups excluding carboxylic acids is 1. The summed E-state index contributed by atoms with van der Waals surface area (Å²) in [6.45, 7) is 4.77. The third-order valence-electron chi connectivity index (χ3n) is 4.14. The number of tetrazole rings is 1. The van der Waals surface area contributed by atoms with Crippen molar-refractivity contribution in [3.8, 4) is 0 Å². The first-order chi connectivity index (χ1) is 11.3. The monoisotopic (exact) mass is 340 g/mol. The second-order valence-corrected chi connectivity index (χ2v) is 7.09. The number of rotatable bonds is 7. The zero-order chi connectivity index (χ0) is 15.9. The molecule has 23 heavy (non-hydrogen) atoms. The van der Waals surface area contributed by atoms with Crippen LogP contribution in [0, 0.1) is 0 Å². The van der Waals surface area contributed by atoms with Gasteiger partial charge in [0.15, 0.2) is 5.82 Å². The van der Waals surface area contributed by atoms with Crippen molar-refractivity contribution in [3.05, 3.63) is 5.82 Å². The van der Waals surface area contributed by atoms with Crippen LogP contribution in [-0.4, -0.2) is 74.9 Å². The van der Waals surface area contributed by atoms with E-state index >= 15 is 0 Å². The Morgan fingerprint density at radius 1 is 1.39 bits per heavy atom. The molecule has 1 atom stereocenters. The summed E-state index contributed by atoms with van der Waals surface area (Å²) in [4.78, 5) is 14.2. The normalized spacial score (nSPS) is 22.3. The molecule has 0 saturated carbocycles. The van der Waals surface area contributed by atoms with Crippen LogP contribution in [0.3, 0.4) is 0 Å². The van der Waals surface area contributed by atoms with Crippen molar-refractivity contribution in [1.82, 2.24) is 30.4 Å². The lowest BCUT2D eigenvalue weighted by molar-refractivity contribution is -0.121. The zero-order valence-electron chi connectivity index (χ0n) is 13.3. The van der Waals surface area contributed by atoms with E-state index < -0.39 is 0 Å². The van der Waals surface area contributed by atoms with Gasteiger partial charge in [0.05, 0.1) is 19.8 Å². The van der Waals surface area contributed by atoms with E-state index in [9.17, 15) is 4.79 Å². The average Bonchev–Trinajstić information content (AvgIpc) is 3.21. The van der Waals surface area contributed by atoms with E-state index in [0.717, 1.165) is 63.0 Å². The Labute approximate surface area is 140 Å². The second kappa shape index (κ2) is 8.60. The highest BCUT2D eigenvalue weighted by Gasteiger charge is 2.18. The van der Waals surface area contributed by atoms with Crippen LogP contribution in [0.4, 0.5) is 0 Å². The first-order valence-electron chi connectivity index (χ1n) is 8.23. The van der Waals surface area contributed by atoms with Crippen molar-refractivity contribution in [3.63, 3.8) is 0 Å². The number of thioether (sulfide) groups is 1. The fraction of sp³-hybridized carbons (Fsp3) is 0.857. The number of hydrogen-bond donors (Lipinski definition) is 1. The molecule has 1 aromatic heterocycles. The van der Waals surface area contributed by atoms with E-state index in [1.54, 1.807) is 0 Å². The van der Waals surface area contributed by atoms with Gasteiger partial charge in [0.1, 0.15) is 0 Å². The molecule has 3 heterocycles. The summed E-state index contributed by atoms with van der Waals surface area (Å²) in [5.41, 5.74) is 0. The number of aromatic nitrogens is 4. The van der Waals surface area contributed by atoms with Gasteiger partial charge in [-0.1, -0.05) is 0 Å². The lowest BCUT2D eigenvalue weighted by Crippen LogP contribution is -2.36. The van der Waals surface area contributed by atoms with Gasteiger partial charge in [0.2, 0.25) is 5.91 Å². The van der Waals surface area contributed by atoms with E-state index in [0.29, 0.717) is 19.0 Å². The predicted octanol–water partition coefficient (Wildman–Crippen LogP) is -0.0928. The Hall–Kier alpha value is -1.19. The molecule has 0 unspecified atom stereocenters. The van der Waals surface area contributed by atoms with E-state index in [1.807, 2.05) is 16.4 Å². The molecule has 0 aromatic carbocycles. The number of morpholine rings is 1. The topological polar surface area (TPSA) is 85.2 Å². The summed E-state index contributed by atoms with van der Waals surface area (Å²) in [5, 5.41) is 15.0. The maximum atomic E-state index is 11.9. The Bertz CT molecular complexity index is 499. The predicted molar refractivity (Wildman–Crippen MR) is 87.0 cm³/mol. The molecule has 0 radical (unpaired) electrons. The van der Waals surface area contributed by atoms with Crippen LogP contribution in [-0.2, 0) is 22.6 Å². The number of carbonyl (C=O) groups is 1. The molecule has 0 bridgehead atoms. The van der Waals surface area contributed by atoms with Crippen LogP contribution in [0.2, 0.25) is 0 Å². The molecule has 3 rings (SSSR count). The Kier molecular flexibility index (Phi) is 6.23. The Balaban J connectivity index is 1.39. The van der Waals surface area contributed by atoms with Crippen LogP contribution < -0.4 is 5.32 Å². The van der Waals surface area contributed by atoms with Crippen LogP contribution in [0.1, 0.15) is 25.1 Å². The minimum atomic E-state index is 0.139. The summed E-state index contributed by atoms with van der Waals surface area (Å²) < 4.78 is 7.16. The van der Waals surface area contributed by atoms with E-state index in [-0.39, 0.29) is 5.91 Å². The highest BCUT2D eigenvalue weighted by atomic mass is 32.2. The summed E-state index contributed by atoms with van der Waals surface area (Å²) in [6, 6.07) is 0.359. The van der Waals surface area contributed by atoms with Gasteiger partial charge in [-0.25, -0.2) is 4.68 Å². The molecule has 2 fully saturated rings. The summed E-state index contributed by atoms with van der Waals surface area (Å²) in [6.07, 6.45) is 2.37. The summed E-state index contributed by atoms with van der Waals surface area (Å²) in [7, 11) is 0. The van der Waals surface area contributed by atoms with Gasteiger partial charge in [0, 0.05) is 37.8 Å². The molecule has 1 aromatic rings. The Morgan fingerprint density at radius 3 is 3.04 bits per heavy atom. The molecule has 1 amide bonds. The van der Waals surface area contributed by atoms with E-state index in [4.69, 9.17) is 4.74 Å². The molecular formula is C14H24N6O2S. The standard InChI is InChI=1S/C14H24N6O2S/c21-14(15-12-3-9-23-11-12)2-1-4-20-13(16-17-18-20)10-19-5-7-22-8-6-19/h12H,1-11H2,(H,15,21)/t12-/m0/s1. The number of nitrogens with zero attached hydrogens (tertiary/aromatic N) is 5. The molecule has 9 heteroatoms. The third-order valence-corrected chi connectivity index (χ3v) is 5.31. The molecule has 1 N–H and O–H groups in total. The molecule has 2 aliphatic rings. The van der Waals surface area contributed by atoms with Crippen LogP contribution in [0.25, 0.3) is 0 Å². The maximum Gasteiger partial charge on any atom is 0.220 e. The minimum absolute atomic E-state index is 0.139. The molecule has 2 aliphatic heterocycles. The van der Waals surface area contributed by atoms with Gasteiger partial charge in [0.25, 0.3) is 0 Å². The van der Waals surface area contributed by atoms with Crippen molar-refractivity contribution in [2.75, 3.05) is 37.8 Å². The van der Waals surface area contributed by atoms with Gasteiger partial charge in [-0.2, -0.15) is 11.8 Å². The van der Waals surface area contributed by atoms with Gasteiger partial charge < -0.3 is 10.1 Å². The van der Waals surface area contributed by atoms with E-state index in [2.05, 4.69) is 25.7 Å². The van der Waals surface area contributed by atoms with Crippen molar-refractivity contribution in [1.29, 1.82) is 0 Å². The van der Waals surface area contributed by atoms with Crippen LogP contribution in [0.15, 0.2) is 0 Å². The van der Waals surface area contributed by atoms with Crippen molar-refractivity contribution in [2.45, 2.75) is 38.4 Å². The number of ether oxygens (including phenoxy) is 1. The van der Waals surface area contributed by atoms with Gasteiger partial charge in [-0.05, 0) is 29.0 Å². The number of hydrogen-bond acceptors (Lipinski definition) is 7. The van der Waals surface area contributed by atoms with Crippen molar-refractivity contribution >= 4 is 17.7 Å². The highest BCUT2D eigenvalue weighted by Crippen LogP contribution is 2.17. The van der Waals surface area contributed by atoms with Crippen molar-refractivity contribution < 1.29 is 9.53 Å². The summed E-state index contributed by atoms with van der Waals surface area (Å²) in [5.74, 6) is 3.20. The minimum Gasteiger partial charge on any atom is -0.379 e. The number of amides is 1. The highest BCUT2D eigenvalue weighted by molar-refractivity contribution is 7.99.